The van der Waals surface area contributed by atoms with Gasteiger partial charge >= 0.3 is 5.97 Å². The van der Waals surface area contributed by atoms with Gasteiger partial charge in [-0.25, -0.2) is 9.79 Å². The van der Waals surface area contributed by atoms with Crippen LogP contribution in [0.4, 0.5) is 5.69 Å². The second-order valence-electron chi connectivity index (χ2n) is 5.43. The number of phenolic OH excluding ortho intramolecular Hbond substituents is 1. The third-order valence-electron chi connectivity index (χ3n) is 3.59. The molecule has 0 fully saturated rings. The largest absolute Gasteiger partial charge is 0.508 e. The topological polar surface area (TPSA) is 115 Å². The van der Waals surface area contributed by atoms with Crippen LogP contribution in [0, 0.1) is 0 Å². The lowest BCUT2D eigenvalue weighted by atomic mass is 10.1. The summed E-state index contributed by atoms with van der Waals surface area (Å²) < 4.78 is 10.6. The van der Waals surface area contributed by atoms with Crippen molar-refractivity contribution in [1.82, 2.24) is 0 Å². The molecule has 0 spiro atoms. The first kappa shape index (κ1) is 17.2. The molecule has 0 atom stereocenters. The summed E-state index contributed by atoms with van der Waals surface area (Å²) in [6.45, 7) is 1.98. The summed E-state index contributed by atoms with van der Waals surface area (Å²) in [5.41, 5.74) is 6.55. The maximum absolute atomic E-state index is 11.8. The number of phenols is 1. The predicted octanol–water partition coefficient (Wildman–Crippen LogP) is 2.65. The van der Waals surface area contributed by atoms with Gasteiger partial charge in [0.25, 0.3) is 5.91 Å². The summed E-state index contributed by atoms with van der Waals surface area (Å²) in [7, 11) is 0. The summed E-state index contributed by atoms with van der Waals surface area (Å²) in [5, 5.41) is 10.2. The second-order valence-corrected chi connectivity index (χ2v) is 5.43. The van der Waals surface area contributed by atoms with E-state index < -0.39 is 11.9 Å². The Kier molecular flexibility index (Phi) is 4.70. The number of fused-ring (bicyclic) bond motifs is 1. The highest BCUT2D eigenvalue weighted by molar-refractivity contribution is 5.95. The van der Waals surface area contributed by atoms with Gasteiger partial charge in [-0.05, 0) is 43.3 Å². The number of carbonyl (C=O) groups excluding carboxylic acids is 2. The number of nitrogens with zero attached hydrogens (tertiary/aromatic N) is 1. The number of benzene rings is 2. The fourth-order valence-corrected chi connectivity index (χ4v) is 2.40. The van der Waals surface area contributed by atoms with Crippen molar-refractivity contribution < 1.29 is 23.8 Å². The van der Waals surface area contributed by atoms with Crippen LogP contribution in [0.2, 0.25) is 0 Å². The van der Waals surface area contributed by atoms with E-state index in [1.165, 1.54) is 24.3 Å². The zero-order chi connectivity index (χ0) is 18.7. The molecule has 26 heavy (non-hydrogen) atoms. The van der Waals surface area contributed by atoms with Crippen molar-refractivity contribution in [2.45, 2.75) is 6.92 Å². The lowest BCUT2D eigenvalue weighted by molar-refractivity contribution is 0.0526. The van der Waals surface area contributed by atoms with Gasteiger partial charge in [0.2, 0.25) is 5.55 Å². The molecule has 3 N–H and O–H groups in total. The van der Waals surface area contributed by atoms with Gasteiger partial charge in [-0.15, -0.1) is 0 Å². The molecule has 3 rings (SSSR count). The summed E-state index contributed by atoms with van der Waals surface area (Å²) in [4.78, 5) is 27.9. The smallest absolute Gasteiger partial charge is 0.338 e. The molecular weight excluding hydrogens is 336 g/mol. The fraction of sp³-hybridized carbons (Fsp3) is 0.105. The molecule has 1 heterocycles. The van der Waals surface area contributed by atoms with Crippen molar-refractivity contribution in [3.05, 3.63) is 65.2 Å². The fourth-order valence-electron chi connectivity index (χ4n) is 2.40. The molecule has 0 unspecified atom stereocenters. The van der Waals surface area contributed by atoms with E-state index in [0.29, 0.717) is 22.2 Å². The number of hydrogen-bond acceptors (Lipinski definition) is 6. The Morgan fingerprint density at radius 3 is 2.73 bits per heavy atom. The minimum Gasteiger partial charge on any atom is -0.508 e. The van der Waals surface area contributed by atoms with E-state index in [1.807, 2.05) is 0 Å². The van der Waals surface area contributed by atoms with Crippen molar-refractivity contribution in [2.75, 3.05) is 6.61 Å². The van der Waals surface area contributed by atoms with Gasteiger partial charge < -0.3 is 20.0 Å². The molecule has 7 heteroatoms. The maximum Gasteiger partial charge on any atom is 0.338 e. The number of esters is 1. The molecule has 1 amide bonds. The lowest BCUT2D eigenvalue weighted by Gasteiger charge is -2.04. The van der Waals surface area contributed by atoms with Crippen LogP contribution >= 0.6 is 0 Å². The van der Waals surface area contributed by atoms with Crippen LogP contribution in [0.3, 0.4) is 0 Å². The van der Waals surface area contributed by atoms with Crippen molar-refractivity contribution in [1.29, 1.82) is 0 Å². The molecule has 0 saturated heterocycles. The van der Waals surface area contributed by atoms with E-state index >= 15 is 0 Å². The van der Waals surface area contributed by atoms with Crippen LogP contribution in [-0.2, 0) is 4.74 Å². The van der Waals surface area contributed by atoms with Crippen LogP contribution in [0.1, 0.15) is 27.6 Å². The highest BCUT2D eigenvalue weighted by Crippen LogP contribution is 2.20. The van der Waals surface area contributed by atoms with Gasteiger partial charge in [-0.3, -0.25) is 4.79 Å². The first-order chi connectivity index (χ1) is 12.5. The zero-order valence-corrected chi connectivity index (χ0v) is 13.9. The SMILES string of the molecule is CCOC(=O)c1cccc(N=c2oc3cc(O)ccc3cc2C(N)=O)c1. The van der Waals surface area contributed by atoms with E-state index in [9.17, 15) is 14.7 Å². The minimum atomic E-state index is -0.705. The monoisotopic (exact) mass is 352 g/mol. The average Bonchev–Trinajstić information content (AvgIpc) is 2.61. The van der Waals surface area contributed by atoms with Crippen LogP contribution in [0.5, 0.6) is 5.75 Å². The lowest BCUT2D eigenvalue weighted by Crippen LogP contribution is -2.21. The number of rotatable bonds is 4. The Morgan fingerprint density at radius 2 is 2.00 bits per heavy atom. The maximum atomic E-state index is 11.8. The summed E-state index contributed by atoms with van der Waals surface area (Å²) in [6.07, 6.45) is 0. The number of amides is 1. The molecule has 0 aliphatic heterocycles. The Balaban J connectivity index is 2.17. The third kappa shape index (κ3) is 3.56. The second kappa shape index (κ2) is 7.10. The van der Waals surface area contributed by atoms with Crippen molar-refractivity contribution in [3.63, 3.8) is 0 Å². The minimum absolute atomic E-state index is 0.0170. The Labute approximate surface area is 148 Å². The molecule has 132 valence electrons. The summed E-state index contributed by atoms with van der Waals surface area (Å²) >= 11 is 0. The average molecular weight is 352 g/mol. The first-order valence-electron chi connectivity index (χ1n) is 7.86. The van der Waals surface area contributed by atoms with Gasteiger partial charge in [-0.1, -0.05) is 6.07 Å². The zero-order valence-electron chi connectivity index (χ0n) is 13.9. The number of carbonyl (C=O) groups is 2. The Hall–Kier alpha value is -3.61. The molecule has 2 aromatic carbocycles. The van der Waals surface area contributed by atoms with Crippen molar-refractivity contribution >= 4 is 28.5 Å². The molecular formula is C19H16N2O5. The van der Waals surface area contributed by atoms with E-state index in [1.54, 1.807) is 31.2 Å². The van der Waals surface area contributed by atoms with Gasteiger partial charge in [0.05, 0.1) is 17.9 Å². The van der Waals surface area contributed by atoms with Gasteiger partial charge in [0, 0.05) is 11.5 Å². The van der Waals surface area contributed by atoms with Gasteiger partial charge in [-0.2, -0.15) is 0 Å². The quantitative estimate of drug-likeness (QED) is 0.700. The molecule has 3 aromatic rings. The van der Waals surface area contributed by atoms with E-state index in [4.69, 9.17) is 14.9 Å². The normalized spacial score (nSPS) is 11.5. The summed E-state index contributed by atoms with van der Waals surface area (Å²) in [6, 6.07) is 12.4. The number of hydrogen-bond donors (Lipinski definition) is 2. The standard InChI is InChI=1S/C19H16N2O5/c1-2-25-19(24)12-4-3-5-13(8-12)21-18-15(17(20)23)9-11-6-7-14(22)10-16(11)26-18/h3-10,22H,2H2,1H3,(H2,20,23). The molecule has 1 aromatic heterocycles. The molecule has 0 saturated carbocycles. The van der Waals surface area contributed by atoms with Crippen molar-refractivity contribution in [3.8, 4) is 5.75 Å². The number of aromatic hydroxyl groups is 1. The van der Waals surface area contributed by atoms with Gasteiger partial charge in [0.1, 0.15) is 16.9 Å². The van der Waals surface area contributed by atoms with Gasteiger partial charge in [0.15, 0.2) is 0 Å². The Bertz CT molecular complexity index is 1070. The number of ether oxygens (including phenoxy) is 1. The molecule has 0 bridgehead atoms. The van der Waals surface area contributed by atoms with Crippen LogP contribution in [0.15, 0.2) is 57.9 Å². The summed E-state index contributed by atoms with van der Waals surface area (Å²) in [5.74, 6) is -1.16. The molecule has 0 radical (unpaired) electrons. The number of primary amides is 1. The molecule has 7 nitrogen and oxygen atoms in total. The van der Waals surface area contributed by atoms with Crippen molar-refractivity contribution in [2.24, 2.45) is 10.7 Å². The van der Waals surface area contributed by atoms with E-state index in [-0.39, 0.29) is 23.5 Å². The third-order valence-corrected chi connectivity index (χ3v) is 3.59. The van der Waals surface area contributed by atoms with Crippen LogP contribution < -0.4 is 11.3 Å². The van der Waals surface area contributed by atoms with E-state index in [0.717, 1.165) is 0 Å². The van der Waals surface area contributed by atoms with E-state index in [2.05, 4.69) is 4.99 Å². The highest BCUT2D eigenvalue weighted by Gasteiger charge is 2.11. The number of nitrogens with two attached hydrogens (primary N) is 1. The predicted molar refractivity (Wildman–Crippen MR) is 94.0 cm³/mol. The Morgan fingerprint density at radius 1 is 1.19 bits per heavy atom. The van der Waals surface area contributed by atoms with Crippen LogP contribution in [0.25, 0.3) is 11.0 Å². The highest BCUT2D eigenvalue weighted by atomic mass is 16.5. The molecule has 0 aliphatic carbocycles. The first-order valence-corrected chi connectivity index (χ1v) is 7.86. The van der Waals surface area contributed by atoms with Crippen LogP contribution in [-0.4, -0.2) is 23.6 Å². The molecule has 0 aliphatic rings.